The Kier molecular flexibility index (Phi) is 7.25. The van der Waals surface area contributed by atoms with Crippen molar-refractivity contribution in [1.29, 1.82) is 0 Å². The number of amides is 1. The molecule has 1 heterocycles. The van der Waals surface area contributed by atoms with Crippen molar-refractivity contribution in [3.8, 4) is 0 Å². The first-order chi connectivity index (χ1) is 16.8. The Morgan fingerprint density at radius 1 is 0.943 bits per heavy atom. The van der Waals surface area contributed by atoms with Gasteiger partial charge in [0.2, 0.25) is 15.9 Å². The average Bonchev–Trinajstić information content (AvgIpc) is 2.86. The van der Waals surface area contributed by atoms with E-state index in [1.807, 2.05) is 66.4 Å². The molecular formula is C25H26N4O5S. The largest absolute Gasteiger partial charge is 0.324 e. The van der Waals surface area contributed by atoms with Gasteiger partial charge in [-0.1, -0.05) is 54.1 Å². The highest BCUT2D eigenvalue weighted by molar-refractivity contribution is 7.89. The number of hydrogen-bond acceptors (Lipinski definition) is 6. The summed E-state index contributed by atoms with van der Waals surface area (Å²) in [5.41, 5.74) is 2.31. The van der Waals surface area contributed by atoms with Crippen LogP contribution < -0.4 is 5.32 Å². The lowest BCUT2D eigenvalue weighted by Crippen LogP contribution is -2.51. The van der Waals surface area contributed by atoms with Crippen molar-refractivity contribution in [1.82, 2.24) is 9.21 Å². The molecule has 182 valence electrons. The number of nitrogens with zero attached hydrogens (tertiary/aromatic N) is 3. The molecule has 1 aliphatic rings. The van der Waals surface area contributed by atoms with Crippen molar-refractivity contribution >= 4 is 27.3 Å². The maximum absolute atomic E-state index is 13.4. The van der Waals surface area contributed by atoms with E-state index in [9.17, 15) is 23.3 Å². The minimum absolute atomic E-state index is 0.114. The van der Waals surface area contributed by atoms with Crippen LogP contribution in [0.2, 0.25) is 0 Å². The number of sulfonamides is 1. The van der Waals surface area contributed by atoms with E-state index in [4.69, 9.17) is 0 Å². The normalized spacial score (nSPS) is 15.9. The fourth-order valence-electron chi connectivity index (χ4n) is 4.12. The van der Waals surface area contributed by atoms with Crippen molar-refractivity contribution in [2.45, 2.75) is 17.9 Å². The number of benzene rings is 3. The summed E-state index contributed by atoms with van der Waals surface area (Å²) < 4.78 is 27.5. The number of non-ortho nitro benzene ring substituents is 1. The van der Waals surface area contributed by atoms with Crippen LogP contribution >= 0.6 is 0 Å². The molecule has 1 aliphatic heterocycles. The van der Waals surface area contributed by atoms with Crippen molar-refractivity contribution in [3.05, 3.63) is 100 Å². The molecule has 0 bridgehead atoms. The number of carbonyl (C=O) groups excluding carboxylic acids is 1. The van der Waals surface area contributed by atoms with Crippen LogP contribution in [-0.4, -0.2) is 54.6 Å². The topological polar surface area (TPSA) is 113 Å². The highest BCUT2D eigenvalue weighted by Gasteiger charge is 2.35. The Balaban J connectivity index is 1.52. The minimum atomic E-state index is -3.90. The smallest absolute Gasteiger partial charge is 0.270 e. The van der Waals surface area contributed by atoms with E-state index in [0.717, 1.165) is 17.2 Å². The molecule has 35 heavy (non-hydrogen) atoms. The van der Waals surface area contributed by atoms with E-state index < -0.39 is 21.0 Å². The first-order valence-electron chi connectivity index (χ1n) is 11.2. The van der Waals surface area contributed by atoms with Crippen molar-refractivity contribution < 1.29 is 18.1 Å². The molecule has 1 atom stereocenters. The fourth-order valence-corrected chi connectivity index (χ4v) is 5.58. The van der Waals surface area contributed by atoms with Crippen LogP contribution in [0.1, 0.15) is 17.2 Å². The molecule has 9 nitrogen and oxygen atoms in total. The van der Waals surface area contributed by atoms with Gasteiger partial charge in [-0.15, -0.1) is 0 Å². The van der Waals surface area contributed by atoms with E-state index in [2.05, 4.69) is 5.32 Å². The van der Waals surface area contributed by atoms with Gasteiger partial charge >= 0.3 is 0 Å². The van der Waals surface area contributed by atoms with Gasteiger partial charge in [0, 0.05) is 44.0 Å². The molecule has 0 radical (unpaired) electrons. The zero-order valence-corrected chi connectivity index (χ0v) is 20.0. The standard InChI is InChI=1S/C25H26N4O5S/c1-19-10-12-21(13-11-19)26-25(30)24(20-6-3-2-4-7-20)27-14-16-28(17-15-27)35(33,34)23-9-5-8-22(18-23)29(31)32/h2-13,18,24H,14-17H2,1H3,(H,26,30)/t24-/m0/s1. The van der Waals surface area contributed by atoms with Gasteiger partial charge in [0.05, 0.1) is 9.82 Å². The number of nitrogens with one attached hydrogen (secondary N) is 1. The quantitative estimate of drug-likeness (QED) is 0.397. The predicted molar refractivity (Wildman–Crippen MR) is 132 cm³/mol. The van der Waals surface area contributed by atoms with Crippen molar-refractivity contribution in [2.75, 3.05) is 31.5 Å². The maximum Gasteiger partial charge on any atom is 0.270 e. The zero-order chi connectivity index (χ0) is 25.0. The molecule has 1 amide bonds. The number of carbonyl (C=O) groups is 1. The molecule has 1 fully saturated rings. The molecule has 0 unspecified atom stereocenters. The molecule has 10 heteroatoms. The molecule has 3 aromatic carbocycles. The van der Waals surface area contributed by atoms with Gasteiger partial charge in [0.25, 0.3) is 5.69 Å². The van der Waals surface area contributed by atoms with Gasteiger partial charge < -0.3 is 5.32 Å². The number of nitro benzene ring substituents is 1. The van der Waals surface area contributed by atoms with Gasteiger partial charge in [-0.25, -0.2) is 8.42 Å². The van der Waals surface area contributed by atoms with Crippen LogP contribution in [0.3, 0.4) is 0 Å². The lowest BCUT2D eigenvalue weighted by Gasteiger charge is -2.38. The number of piperazine rings is 1. The average molecular weight is 495 g/mol. The highest BCUT2D eigenvalue weighted by Crippen LogP contribution is 2.27. The highest BCUT2D eigenvalue weighted by atomic mass is 32.2. The van der Waals surface area contributed by atoms with E-state index in [-0.39, 0.29) is 29.6 Å². The molecule has 3 aromatic rings. The fraction of sp³-hybridized carbons (Fsp3) is 0.240. The second kappa shape index (κ2) is 10.3. The van der Waals surface area contributed by atoms with E-state index in [0.29, 0.717) is 18.8 Å². The second-order valence-electron chi connectivity index (χ2n) is 8.36. The summed E-state index contributed by atoms with van der Waals surface area (Å²) in [7, 11) is -3.90. The zero-order valence-electron chi connectivity index (χ0n) is 19.2. The first-order valence-corrected chi connectivity index (χ1v) is 12.6. The molecule has 1 saturated heterocycles. The summed E-state index contributed by atoms with van der Waals surface area (Å²) in [6.07, 6.45) is 0. The Hall–Kier alpha value is -3.60. The number of rotatable bonds is 7. The lowest BCUT2D eigenvalue weighted by molar-refractivity contribution is -0.385. The van der Waals surface area contributed by atoms with Crippen LogP contribution in [0.5, 0.6) is 0 Å². The Bertz CT molecular complexity index is 1310. The van der Waals surface area contributed by atoms with E-state index in [1.54, 1.807) is 0 Å². The second-order valence-corrected chi connectivity index (χ2v) is 10.3. The first kappa shape index (κ1) is 24.5. The predicted octanol–water partition coefficient (Wildman–Crippen LogP) is 3.59. The van der Waals surface area contributed by atoms with Gasteiger partial charge in [-0.05, 0) is 30.7 Å². The summed E-state index contributed by atoms with van der Waals surface area (Å²) in [6.45, 7) is 2.95. The molecule has 0 saturated carbocycles. The molecular weight excluding hydrogens is 468 g/mol. The molecule has 0 aliphatic carbocycles. The lowest BCUT2D eigenvalue weighted by atomic mass is 10.0. The Morgan fingerprint density at radius 3 is 2.23 bits per heavy atom. The number of nitro groups is 1. The monoisotopic (exact) mass is 494 g/mol. The van der Waals surface area contributed by atoms with Gasteiger partial charge in [0.1, 0.15) is 6.04 Å². The van der Waals surface area contributed by atoms with Crippen LogP contribution in [0.25, 0.3) is 0 Å². The summed E-state index contributed by atoms with van der Waals surface area (Å²) in [4.78, 5) is 25.6. The van der Waals surface area contributed by atoms with Gasteiger partial charge in [-0.3, -0.25) is 19.8 Å². The summed E-state index contributed by atoms with van der Waals surface area (Å²) >= 11 is 0. The van der Waals surface area contributed by atoms with Crippen molar-refractivity contribution in [2.24, 2.45) is 0 Å². The Morgan fingerprint density at radius 2 is 1.60 bits per heavy atom. The number of aryl methyl sites for hydroxylation is 1. The van der Waals surface area contributed by atoms with Crippen LogP contribution in [0, 0.1) is 17.0 Å². The summed E-state index contributed by atoms with van der Waals surface area (Å²) in [5.74, 6) is -0.199. The summed E-state index contributed by atoms with van der Waals surface area (Å²) in [5, 5.41) is 14.0. The van der Waals surface area contributed by atoms with Crippen LogP contribution in [0.15, 0.2) is 83.8 Å². The van der Waals surface area contributed by atoms with Gasteiger partial charge in [-0.2, -0.15) is 4.31 Å². The van der Waals surface area contributed by atoms with Crippen LogP contribution in [0.4, 0.5) is 11.4 Å². The van der Waals surface area contributed by atoms with E-state index >= 15 is 0 Å². The third-order valence-corrected chi connectivity index (χ3v) is 7.88. The van der Waals surface area contributed by atoms with Gasteiger partial charge in [0.15, 0.2) is 0 Å². The SMILES string of the molecule is Cc1ccc(NC(=O)[C@H](c2ccccc2)N2CCN(S(=O)(=O)c3cccc([N+](=O)[O-])c3)CC2)cc1. The number of hydrogen-bond donors (Lipinski definition) is 1. The summed E-state index contributed by atoms with van der Waals surface area (Å²) in [6, 6.07) is 21.4. The number of anilines is 1. The molecule has 4 rings (SSSR count). The third-order valence-electron chi connectivity index (χ3n) is 5.99. The minimum Gasteiger partial charge on any atom is -0.324 e. The van der Waals surface area contributed by atoms with Crippen molar-refractivity contribution in [3.63, 3.8) is 0 Å². The molecule has 0 spiro atoms. The molecule has 1 N–H and O–H groups in total. The Labute approximate surface area is 204 Å². The third kappa shape index (κ3) is 5.56. The van der Waals surface area contributed by atoms with E-state index in [1.165, 1.54) is 22.5 Å². The maximum atomic E-state index is 13.4. The van der Waals surface area contributed by atoms with Crippen LogP contribution in [-0.2, 0) is 14.8 Å². The molecule has 0 aromatic heterocycles.